The van der Waals surface area contributed by atoms with Gasteiger partial charge in [-0.2, -0.15) is 0 Å². The van der Waals surface area contributed by atoms with E-state index in [2.05, 4.69) is 19.2 Å². The maximum atomic E-state index is 12.4. The molecule has 26 heavy (non-hydrogen) atoms. The van der Waals surface area contributed by atoms with Crippen LogP contribution < -0.4 is 14.8 Å². The lowest BCUT2D eigenvalue weighted by Crippen LogP contribution is -2.36. The van der Waals surface area contributed by atoms with Crippen LogP contribution in [0.4, 0.5) is 0 Å². The molecule has 5 heteroatoms. The molecule has 0 heterocycles. The molecule has 2 rings (SSSR count). The maximum Gasteiger partial charge on any atom is 0.261 e. The first-order valence-electron chi connectivity index (χ1n) is 8.72. The Morgan fingerprint density at radius 2 is 1.85 bits per heavy atom. The number of rotatable bonds is 7. The molecule has 2 aromatic carbocycles. The number of carbonyl (C=O) groups excluding carboxylic acids is 1. The van der Waals surface area contributed by atoms with Crippen LogP contribution in [-0.4, -0.2) is 24.2 Å². The summed E-state index contributed by atoms with van der Waals surface area (Å²) in [5, 5.41) is 12.5. The van der Waals surface area contributed by atoms with E-state index in [1.165, 1.54) is 7.11 Å². The van der Waals surface area contributed by atoms with Gasteiger partial charge in [-0.25, -0.2) is 0 Å². The van der Waals surface area contributed by atoms with Crippen LogP contribution >= 0.6 is 0 Å². The smallest absolute Gasteiger partial charge is 0.261 e. The van der Waals surface area contributed by atoms with E-state index in [9.17, 15) is 9.90 Å². The highest BCUT2D eigenvalue weighted by atomic mass is 16.5. The molecule has 0 aromatic heterocycles. The van der Waals surface area contributed by atoms with E-state index in [0.29, 0.717) is 18.2 Å². The summed E-state index contributed by atoms with van der Waals surface area (Å²) in [4.78, 5) is 12.4. The summed E-state index contributed by atoms with van der Waals surface area (Å²) in [6.07, 6.45) is -0.617. The Balaban J connectivity index is 2.01. The number of phenolic OH excluding ortho intramolecular Hbond substituents is 1. The monoisotopic (exact) mass is 357 g/mol. The van der Waals surface area contributed by atoms with Crippen molar-refractivity contribution in [1.82, 2.24) is 5.32 Å². The number of hydrogen-bond acceptors (Lipinski definition) is 4. The minimum absolute atomic E-state index is 0.0694. The van der Waals surface area contributed by atoms with Crippen molar-refractivity contribution in [2.45, 2.75) is 46.3 Å². The highest BCUT2D eigenvalue weighted by Crippen LogP contribution is 2.28. The maximum absolute atomic E-state index is 12.4. The number of benzene rings is 2. The fraction of sp³-hybridized carbons (Fsp3) is 0.381. The molecule has 2 N–H and O–H groups in total. The number of nitrogens with one attached hydrogen (secondary N) is 1. The Morgan fingerprint density at radius 1 is 1.12 bits per heavy atom. The van der Waals surface area contributed by atoms with Crippen molar-refractivity contribution in [3.8, 4) is 17.2 Å². The summed E-state index contributed by atoms with van der Waals surface area (Å²) in [7, 11) is 1.49. The van der Waals surface area contributed by atoms with Crippen molar-refractivity contribution in [3.05, 3.63) is 53.1 Å². The molecule has 0 fully saturated rings. The van der Waals surface area contributed by atoms with Crippen molar-refractivity contribution in [2.75, 3.05) is 7.11 Å². The third-order valence-electron chi connectivity index (χ3n) is 4.17. The van der Waals surface area contributed by atoms with Crippen LogP contribution in [0.25, 0.3) is 0 Å². The molecule has 5 nitrogen and oxygen atoms in total. The van der Waals surface area contributed by atoms with Gasteiger partial charge in [0.1, 0.15) is 5.75 Å². The summed E-state index contributed by atoms with van der Waals surface area (Å²) < 4.78 is 11.0. The van der Waals surface area contributed by atoms with Crippen LogP contribution in [0, 0.1) is 6.92 Å². The molecule has 2 aromatic rings. The van der Waals surface area contributed by atoms with Crippen molar-refractivity contribution in [1.29, 1.82) is 0 Å². The molecule has 1 unspecified atom stereocenters. The van der Waals surface area contributed by atoms with Crippen molar-refractivity contribution in [2.24, 2.45) is 0 Å². The highest BCUT2D eigenvalue weighted by Gasteiger charge is 2.17. The van der Waals surface area contributed by atoms with Crippen LogP contribution in [0.2, 0.25) is 0 Å². The summed E-state index contributed by atoms with van der Waals surface area (Å²) >= 11 is 0. The highest BCUT2D eigenvalue weighted by molar-refractivity contribution is 5.80. The number of aromatic hydroxyl groups is 1. The van der Waals surface area contributed by atoms with Gasteiger partial charge in [0.2, 0.25) is 0 Å². The predicted molar refractivity (Wildman–Crippen MR) is 102 cm³/mol. The fourth-order valence-corrected chi connectivity index (χ4v) is 2.63. The zero-order chi connectivity index (χ0) is 19.3. The summed E-state index contributed by atoms with van der Waals surface area (Å²) in [6.45, 7) is 8.26. The van der Waals surface area contributed by atoms with Gasteiger partial charge in [-0.3, -0.25) is 4.79 Å². The van der Waals surface area contributed by atoms with E-state index in [-0.39, 0.29) is 11.7 Å². The van der Waals surface area contributed by atoms with E-state index in [0.717, 1.165) is 22.4 Å². The van der Waals surface area contributed by atoms with E-state index in [1.807, 2.05) is 25.1 Å². The molecule has 0 bridgehead atoms. The summed E-state index contributed by atoms with van der Waals surface area (Å²) in [5.41, 5.74) is 3.00. The number of aryl methyl sites for hydroxylation is 1. The molecule has 0 saturated heterocycles. The molecule has 1 amide bonds. The Labute approximate surface area is 155 Å². The Bertz CT molecular complexity index is 771. The van der Waals surface area contributed by atoms with Gasteiger partial charge >= 0.3 is 0 Å². The first-order valence-corrected chi connectivity index (χ1v) is 8.72. The second-order valence-corrected chi connectivity index (χ2v) is 6.68. The molecule has 0 aliphatic heterocycles. The number of ether oxygens (including phenoxy) is 2. The van der Waals surface area contributed by atoms with Crippen LogP contribution in [-0.2, 0) is 11.3 Å². The van der Waals surface area contributed by atoms with Gasteiger partial charge in [0.05, 0.1) is 7.11 Å². The zero-order valence-corrected chi connectivity index (χ0v) is 16.0. The molecule has 0 saturated carbocycles. The third-order valence-corrected chi connectivity index (χ3v) is 4.17. The lowest BCUT2D eigenvalue weighted by molar-refractivity contribution is -0.127. The minimum Gasteiger partial charge on any atom is -0.504 e. The lowest BCUT2D eigenvalue weighted by atomic mass is 10.0. The summed E-state index contributed by atoms with van der Waals surface area (Å²) in [6, 6.07) is 11.0. The second-order valence-electron chi connectivity index (χ2n) is 6.68. The summed E-state index contributed by atoms with van der Waals surface area (Å²) in [5.74, 6) is 1.30. The largest absolute Gasteiger partial charge is 0.504 e. The van der Waals surface area contributed by atoms with Gasteiger partial charge in [-0.05, 0) is 54.7 Å². The van der Waals surface area contributed by atoms with Crippen LogP contribution in [0.5, 0.6) is 17.2 Å². The van der Waals surface area contributed by atoms with Crippen molar-refractivity contribution < 1.29 is 19.4 Å². The van der Waals surface area contributed by atoms with Gasteiger partial charge < -0.3 is 19.9 Å². The zero-order valence-electron chi connectivity index (χ0n) is 16.0. The Kier molecular flexibility index (Phi) is 6.50. The Hall–Kier alpha value is -2.69. The minimum atomic E-state index is -0.617. The van der Waals surface area contributed by atoms with E-state index in [1.54, 1.807) is 25.1 Å². The molecular formula is C21H27NO4. The van der Waals surface area contributed by atoms with Crippen LogP contribution in [0.1, 0.15) is 43.4 Å². The van der Waals surface area contributed by atoms with Crippen molar-refractivity contribution >= 4 is 5.91 Å². The molecular weight excluding hydrogens is 330 g/mol. The van der Waals surface area contributed by atoms with Gasteiger partial charge in [0.15, 0.2) is 17.6 Å². The third kappa shape index (κ3) is 4.91. The molecule has 1 atom stereocenters. The van der Waals surface area contributed by atoms with Gasteiger partial charge in [0, 0.05) is 6.54 Å². The topological polar surface area (TPSA) is 67.8 Å². The quantitative estimate of drug-likeness (QED) is 0.788. The number of carbonyl (C=O) groups is 1. The molecule has 0 spiro atoms. The lowest BCUT2D eigenvalue weighted by Gasteiger charge is -2.19. The average molecular weight is 357 g/mol. The van der Waals surface area contributed by atoms with Gasteiger partial charge in [0.25, 0.3) is 5.91 Å². The van der Waals surface area contributed by atoms with Gasteiger partial charge in [-0.1, -0.05) is 32.0 Å². The first kappa shape index (κ1) is 19.6. The normalized spacial score (nSPS) is 11.9. The second kappa shape index (κ2) is 8.61. The van der Waals surface area contributed by atoms with E-state index >= 15 is 0 Å². The molecule has 140 valence electrons. The standard InChI is InChI=1S/C21H27NO4/c1-13(2)17-8-6-14(3)10-19(17)26-15(4)21(24)22-12-16-7-9-18(23)20(11-16)25-5/h6-11,13,15,23H,12H2,1-5H3,(H,22,24). The number of amides is 1. The van der Waals surface area contributed by atoms with E-state index in [4.69, 9.17) is 9.47 Å². The first-order chi connectivity index (χ1) is 12.3. The molecule has 0 radical (unpaired) electrons. The molecule has 0 aliphatic rings. The van der Waals surface area contributed by atoms with Gasteiger partial charge in [-0.15, -0.1) is 0 Å². The number of hydrogen-bond donors (Lipinski definition) is 2. The van der Waals surface area contributed by atoms with E-state index < -0.39 is 6.10 Å². The van der Waals surface area contributed by atoms with Crippen LogP contribution in [0.3, 0.4) is 0 Å². The SMILES string of the molecule is COc1cc(CNC(=O)C(C)Oc2cc(C)ccc2C(C)C)ccc1O. The van der Waals surface area contributed by atoms with Crippen molar-refractivity contribution in [3.63, 3.8) is 0 Å². The average Bonchev–Trinajstić information content (AvgIpc) is 2.60. The fourth-order valence-electron chi connectivity index (χ4n) is 2.63. The number of methoxy groups -OCH3 is 1. The number of phenols is 1. The Morgan fingerprint density at radius 3 is 2.50 bits per heavy atom. The predicted octanol–water partition coefficient (Wildman–Crippen LogP) is 3.92. The van der Waals surface area contributed by atoms with Crippen LogP contribution in [0.15, 0.2) is 36.4 Å². The molecule has 0 aliphatic carbocycles.